The van der Waals surface area contributed by atoms with Crippen molar-refractivity contribution in [1.29, 1.82) is 0 Å². The first-order chi connectivity index (χ1) is 42.7. The van der Waals surface area contributed by atoms with Gasteiger partial charge in [-0.25, -0.2) is 0 Å². The predicted octanol–water partition coefficient (Wildman–Crippen LogP) is 13.1. The van der Waals surface area contributed by atoms with Crippen molar-refractivity contribution in [1.82, 2.24) is 0 Å². The van der Waals surface area contributed by atoms with Gasteiger partial charge < -0.3 is 101 Å². The second-order valence-corrected chi connectivity index (χ2v) is 105. The number of hydrogen-bond acceptors (Lipinski definition) is 24. The van der Waals surface area contributed by atoms with Crippen LogP contribution in [0, 0.1) is 12.0 Å². The van der Waals surface area contributed by atoms with Crippen molar-refractivity contribution < 1.29 is 101 Å². The van der Waals surface area contributed by atoms with Crippen molar-refractivity contribution in [3.63, 3.8) is 0 Å². The Labute approximate surface area is 615 Å². The van der Waals surface area contributed by atoms with Crippen LogP contribution in [-0.2, 0) is 91.8 Å². The second kappa shape index (κ2) is 39.0. The summed E-state index contributed by atoms with van der Waals surface area (Å²) in [6.07, 6.45) is 0. The first-order valence-corrected chi connectivity index (χ1v) is 87.0. The molecule has 0 aromatic carbocycles. The van der Waals surface area contributed by atoms with Gasteiger partial charge in [0.15, 0.2) is 49.9 Å². The largest absolute Gasteiger partial charge is 0.726 e. The van der Waals surface area contributed by atoms with Gasteiger partial charge in [-0.1, -0.05) is 28.5 Å². The molecule has 0 bridgehead atoms. The molecule has 568 valence electrons. The van der Waals surface area contributed by atoms with Crippen LogP contribution in [0.25, 0.3) is 0 Å². The van der Waals surface area contributed by atoms with Gasteiger partial charge in [0.1, 0.15) is 0 Å². The van der Waals surface area contributed by atoms with E-state index in [-0.39, 0.29) is 0 Å². The lowest BCUT2D eigenvalue weighted by molar-refractivity contribution is 0.0448. The summed E-state index contributed by atoms with van der Waals surface area (Å²) in [5.74, 6) is 0. The summed E-state index contributed by atoms with van der Waals surface area (Å²) in [5.41, 5.74) is 10.3. The van der Waals surface area contributed by atoms with Gasteiger partial charge in [-0.15, -0.1) is 51.5 Å². The Bertz CT molecular complexity index is 2440. The van der Waals surface area contributed by atoms with Gasteiger partial charge in [-0.3, -0.25) is 0 Å². The minimum absolute atomic E-state index is 0.485. The maximum atomic E-state index is 11.6. The molecule has 3 atom stereocenters. The van der Waals surface area contributed by atoms with Crippen LogP contribution in [0.15, 0.2) is 73.7 Å². The van der Waals surface area contributed by atoms with Crippen LogP contribution >= 0.6 is 0 Å². The lowest BCUT2D eigenvalue weighted by atomic mass is 11.3. The standard InChI is InChI=1S/C19H48O6Si7.C17H48O6Si7.C15H36O12Si8/c1-17-26(4,5)20-29(10,11)23-32(16,24-30(12,13)21-27(6,7)18-2)25-31(14,15)22-28(8,9)19-3;1-17-30(21-27(11,12)18-24(2,3)4,22-28(13,14)19-25(5,6)7)23-29(15,16)20-26(8,9)10;1-13-30(9,10)24-33(22-28-7,27-34(17,19-4)20-5)15-32(16,18-3)26-35(21-6,23-29-8)25-31(11,12)14-2/h17-19H,1-3H2,4-16H3;17H,1H2,2-16H3;7-8,13-14,16-17H,1-2,15H2,3-6,9-12H3/t;;32-,33?,35?/m..1/s1. The third-order valence-corrected chi connectivity index (χ3v) is 82.1. The van der Waals surface area contributed by atoms with Gasteiger partial charge in [-0.2, -0.15) is 0 Å². The van der Waals surface area contributed by atoms with E-state index in [4.69, 9.17) is 104 Å². The fourth-order valence-electron chi connectivity index (χ4n) is 9.29. The molecule has 46 heteroatoms. The van der Waals surface area contributed by atoms with E-state index < -0.39 is 195 Å². The van der Waals surface area contributed by atoms with Crippen molar-refractivity contribution in [2.24, 2.45) is 0 Å². The Morgan fingerprint density at radius 2 is 0.567 bits per heavy atom. The third kappa shape index (κ3) is 44.4. The first kappa shape index (κ1) is 103. The molecule has 0 spiro atoms. The van der Waals surface area contributed by atoms with Gasteiger partial charge in [0.2, 0.25) is 35.0 Å². The summed E-state index contributed by atoms with van der Waals surface area (Å²) in [4.78, 5) is 22.3. The molecule has 0 heterocycles. The SMILES string of the molecule is C#[Si]O[Si](C[Si@@](O)(OC)O[Si](OC)(O[Si]#C)O[Si](C)(C)C=C)(O[Si](C)(C)C=C)O[Si](O)(OC)OC.C=C[Si](C)(C)O[Si](C)(C)O[Si](C)(O[Si](C)(C)O[Si](C)(C)C=C)O[Si](C)(C)O[Si](C)(C)C=C.C=C[Si](O[Si](C)(C)O[Si](C)(C)C)(O[Si](C)(C)O[Si](C)(C)C)O[Si](C)(C)O[Si](C)(C)C. The maximum Gasteiger partial charge on any atom is 0.726 e. The van der Waals surface area contributed by atoms with Crippen LogP contribution in [0.5, 0.6) is 0 Å². The van der Waals surface area contributed by atoms with Crippen molar-refractivity contribution in [3.8, 4) is 12.0 Å². The molecule has 0 amide bonds. The Kier molecular flexibility index (Phi) is 41.3. The van der Waals surface area contributed by atoms with Crippen LogP contribution in [-0.4, -0.2) is 228 Å². The third-order valence-electron chi connectivity index (χ3n) is 11.6. The average molecular weight is 1750 g/mol. The maximum absolute atomic E-state index is 11.6. The summed E-state index contributed by atoms with van der Waals surface area (Å²) >= 11 is 0. The molecule has 24 nitrogen and oxygen atoms in total. The van der Waals surface area contributed by atoms with Crippen molar-refractivity contribution in [2.75, 3.05) is 28.4 Å². The Morgan fingerprint density at radius 3 is 0.794 bits per heavy atom. The topological polar surface area (TPSA) is 244 Å². The van der Waals surface area contributed by atoms with E-state index in [1.54, 1.807) is 30.2 Å². The van der Waals surface area contributed by atoms with E-state index in [0.29, 0.717) is 0 Å². The summed E-state index contributed by atoms with van der Waals surface area (Å²) in [7, 11) is -52.2. The molecular weight excluding hydrogens is 1610 g/mol. The smallest absolute Gasteiger partial charge is 0.517 e. The zero-order valence-electron chi connectivity index (χ0n) is 66.4. The normalized spacial score (nSPS) is 16.0. The molecule has 0 aliphatic rings. The van der Waals surface area contributed by atoms with E-state index in [1.807, 2.05) is 76.0 Å². The quantitative estimate of drug-likeness (QED) is 0.0538. The van der Waals surface area contributed by atoms with Gasteiger partial charge in [0, 0.05) is 35.0 Å². The monoisotopic (exact) mass is 1740 g/mol. The Balaban J connectivity index is -0.00000137. The molecule has 2 unspecified atom stereocenters. The highest BCUT2D eigenvalue weighted by molar-refractivity contribution is 6.97. The van der Waals surface area contributed by atoms with Gasteiger partial charge >= 0.3 is 105 Å². The predicted molar refractivity (Wildman–Crippen MR) is 442 cm³/mol. The summed E-state index contributed by atoms with van der Waals surface area (Å²) in [6, 6.07) is 11.4. The molecule has 97 heavy (non-hydrogen) atoms. The average Bonchev–Trinajstić information content (AvgIpc) is 0.794. The van der Waals surface area contributed by atoms with E-state index >= 15 is 0 Å². The molecule has 0 radical (unpaired) electrons. The van der Waals surface area contributed by atoms with Gasteiger partial charge in [-0.05, 0) is 209 Å². The molecular formula is C51H132O24Si22. The molecule has 0 aromatic heterocycles. The molecule has 0 aromatic rings. The highest BCUT2D eigenvalue weighted by Gasteiger charge is 2.67. The fourth-order valence-corrected chi connectivity index (χ4v) is 92.4. The highest BCUT2D eigenvalue weighted by Crippen LogP contribution is 2.36. The molecule has 0 saturated heterocycles. The zero-order valence-corrected chi connectivity index (χ0v) is 88.4. The van der Waals surface area contributed by atoms with Crippen LogP contribution in [0.1, 0.15) is 0 Å². The molecule has 0 fully saturated rings. The van der Waals surface area contributed by atoms with Crippen molar-refractivity contribution >= 4 is 190 Å². The van der Waals surface area contributed by atoms with Crippen LogP contribution in [0.4, 0.5) is 0 Å². The summed E-state index contributed by atoms with van der Waals surface area (Å²) < 4.78 is 136. The second-order valence-electron chi connectivity index (χ2n) is 30.9. The number of hydrogen-bond donors (Lipinski definition) is 2. The lowest BCUT2D eigenvalue weighted by Gasteiger charge is -2.45. The first-order valence-electron chi connectivity index (χ1n) is 31.7. The minimum atomic E-state index is -4.39. The van der Waals surface area contributed by atoms with E-state index in [2.05, 4.69) is 177 Å². The van der Waals surface area contributed by atoms with Crippen molar-refractivity contribution in [2.45, 2.75) is 215 Å². The molecule has 0 saturated carbocycles. The van der Waals surface area contributed by atoms with Crippen LogP contribution in [0.3, 0.4) is 0 Å². The van der Waals surface area contributed by atoms with Crippen LogP contribution in [0.2, 0.25) is 215 Å². The number of rotatable bonds is 46. The van der Waals surface area contributed by atoms with E-state index in [9.17, 15) is 9.59 Å². The zero-order chi connectivity index (χ0) is 77.9. The lowest BCUT2D eigenvalue weighted by Crippen LogP contribution is -2.68. The summed E-state index contributed by atoms with van der Waals surface area (Å²) in [5, 5.41) is 0. The van der Waals surface area contributed by atoms with Crippen molar-refractivity contribution in [3.05, 3.63) is 73.7 Å². The Hall–Kier alpha value is 1.49. The van der Waals surface area contributed by atoms with Crippen LogP contribution < -0.4 is 0 Å². The van der Waals surface area contributed by atoms with Gasteiger partial charge in [0.25, 0.3) is 0 Å². The molecule has 0 aliphatic carbocycles. The Morgan fingerprint density at radius 1 is 0.299 bits per heavy atom. The molecule has 0 rings (SSSR count). The minimum Gasteiger partial charge on any atom is -0.517 e. The van der Waals surface area contributed by atoms with E-state index in [1.165, 1.54) is 28.4 Å². The fraction of sp³-hybridized carbons (Fsp3) is 0.725. The summed E-state index contributed by atoms with van der Waals surface area (Å²) in [6.45, 7) is 89.5. The van der Waals surface area contributed by atoms with Gasteiger partial charge in [0.05, 0.1) is 5.67 Å². The highest BCUT2D eigenvalue weighted by atomic mass is 28.6. The molecule has 0 aliphatic heterocycles. The van der Waals surface area contributed by atoms with E-state index in [0.717, 1.165) is 0 Å². The molecule has 2 N–H and O–H groups in total.